The Morgan fingerprint density at radius 1 is 1.07 bits per heavy atom. The second-order valence-electron chi connectivity index (χ2n) is 6.57. The van der Waals surface area contributed by atoms with Crippen molar-refractivity contribution in [2.24, 2.45) is 0 Å². The number of hydrogen-bond donors (Lipinski definition) is 0. The Balaban J connectivity index is 1.20. The molecule has 0 aliphatic carbocycles. The van der Waals surface area contributed by atoms with E-state index in [1.165, 1.54) is 11.3 Å². The van der Waals surface area contributed by atoms with Crippen LogP contribution in [-0.2, 0) is 0 Å². The Morgan fingerprint density at radius 3 is 2.82 bits per heavy atom. The van der Waals surface area contributed by atoms with E-state index in [-0.39, 0.29) is 5.91 Å². The average Bonchev–Trinajstić information content (AvgIpc) is 3.47. The summed E-state index contributed by atoms with van der Waals surface area (Å²) in [5.41, 5.74) is 1.95. The lowest BCUT2D eigenvalue weighted by atomic mass is 10.3. The first-order chi connectivity index (χ1) is 13.8. The molecule has 28 heavy (non-hydrogen) atoms. The van der Waals surface area contributed by atoms with Crippen LogP contribution in [0.3, 0.4) is 0 Å². The molecule has 1 aliphatic heterocycles. The Hall–Kier alpha value is -2.56. The molecule has 7 nitrogen and oxygen atoms in total. The maximum atomic E-state index is 13.0. The van der Waals surface area contributed by atoms with Crippen LogP contribution < -0.4 is 4.90 Å². The zero-order valence-electron chi connectivity index (χ0n) is 14.6. The van der Waals surface area contributed by atoms with E-state index >= 15 is 0 Å². The molecule has 0 unspecified atom stereocenters. The summed E-state index contributed by atoms with van der Waals surface area (Å²) in [6.07, 6.45) is 3.80. The molecule has 1 amide bonds. The first-order valence-corrected chi connectivity index (χ1v) is 11.4. The highest BCUT2D eigenvalue weighted by Gasteiger charge is 2.26. The third-order valence-electron chi connectivity index (χ3n) is 4.94. The predicted molar refractivity (Wildman–Crippen MR) is 114 cm³/mol. The summed E-state index contributed by atoms with van der Waals surface area (Å²) >= 11 is 4.70. The number of nitrogens with zero attached hydrogens (tertiary/aromatic N) is 6. The summed E-state index contributed by atoms with van der Waals surface area (Å²) in [5.74, 6) is 0.0950. The van der Waals surface area contributed by atoms with Crippen LogP contribution in [0.15, 0.2) is 36.0 Å². The van der Waals surface area contributed by atoms with E-state index in [1.807, 2.05) is 39.1 Å². The van der Waals surface area contributed by atoms with E-state index in [2.05, 4.69) is 19.9 Å². The second kappa shape index (κ2) is 6.23. The second-order valence-corrected chi connectivity index (χ2v) is 9.43. The molecule has 0 bridgehead atoms. The van der Waals surface area contributed by atoms with E-state index in [4.69, 9.17) is 0 Å². The number of thiazole rings is 2. The average molecular weight is 427 g/mol. The topological polar surface area (TPSA) is 66.6 Å². The molecule has 0 saturated carbocycles. The number of imidazole rings is 1. The van der Waals surface area contributed by atoms with Crippen molar-refractivity contribution >= 4 is 70.7 Å². The molecule has 10 heteroatoms. The van der Waals surface area contributed by atoms with Crippen LogP contribution >= 0.6 is 34.0 Å². The van der Waals surface area contributed by atoms with Gasteiger partial charge in [-0.3, -0.25) is 9.20 Å². The van der Waals surface area contributed by atoms with Crippen LogP contribution in [0.1, 0.15) is 9.67 Å². The largest absolute Gasteiger partial charge is 0.344 e. The van der Waals surface area contributed by atoms with Crippen molar-refractivity contribution in [3.63, 3.8) is 0 Å². The summed E-state index contributed by atoms with van der Waals surface area (Å²) in [6.45, 7) is 2.95. The van der Waals surface area contributed by atoms with Crippen molar-refractivity contribution in [1.29, 1.82) is 0 Å². The number of thiophene rings is 1. The van der Waals surface area contributed by atoms with Gasteiger partial charge < -0.3 is 9.80 Å². The number of hydrogen-bond acceptors (Lipinski definition) is 8. The van der Waals surface area contributed by atoms with Crippen LogP contribution in [0.2, 0.25) is 0 Å². The normalized spacial score (nSPS) is 15.3. The van der Waals surface area contributed by atoms with E-state index in [9.17, 15) is 4.79 Å². The first-order valence-electron chi connectivity index (χ1n) is 8.87. The quantitative estimate of drug-likeness (QED) is 0.432. The van der Waals surface area contributed by atoms with Gasteiger partial charge in [0.1, 0.15) is 15.2 Å². The maximum Gasteiger partial charge on any atom is 0.264 e. The van der Waals surface area contributed by atoms with Gasteiger partial charge in [-0.2, -0.15) is 0 Å². The van der Waals surface area contributed by atoms with Crippen molar-refractivity contribution in [2.75, 3.05) is 31.1 Å². The van der Waals surface area contributed by atoms with Gasteiger partial charge in [-0.15, -0.1) is 22.7 Å². The molecule has 0 radical (unpaired) electrons. The van der Waals surface area contributed by atoms with Crippen molar-refractivity contribution in [2.45, 2.75) is 0 Å². The third-order valence-corrected chi connectivity index (χ3v) is 7.75. The van der Waals surface area contributed by atoms with Crippen LogP contribution in [0.5, 0.6) is 0 Å². The Morgan fingerprint density at radius 2 is 1.96 bits per heavy atom. The number of amides is 1. The highest BCUT2D eigenvalue weighted by molar-refractivity contribution is 7.22. The molecule has 6 rings (SSSR count). The molecule has 0 N–H and O–H groups in total. The lowest BCUT2D eigenvalue weighted by molar-refractivity contribution is 0.0751. The highest BCUT2D eigenvalue weighted by atomic mass is 32.1. The number of carbonyl (C=O) groups is 1. The predicted octanol–water partition coefficient (Wildman–Crippen LogP) is 3.58. The van der Waals surface area contributed by atoms with Crippen LogP contribution in [0.25, 0.3) is 25.7 Å². The number of carbonyl (C=O) groups excluding carboxylic acids is 1. The zero-order chi connectivity index (χ0) is 18.7. The minimum atomic E-state index is 0.0950. The lowest BCUT2D eigenvalue weighted by Gasteiger charge is -2.34. The minimum Gasteiger partial charge on any atom is -0.344 e. The molecule has 0 atom stereocenters. The smallest absolute Gasteiger partial charge is 0.264 e. The van der Waals surface area contributed by atoms with E-state index in [0.717, 1.165) is 48.8 Å². The van der Waals surface area contributed by atoms with Crippen molar-refractivity contribution in [3.05, 3.63) is 40.8 Å². The molecule has 6 heterocycles. The highest BCUT2D eigenvalue weighted by Crippen LogP contribution is 2.30. The van der Waals surface area contributed by atoms with Gasteiger partial charge in [0.2, 0.25) is 0 Å². The van der Waals surface area contributed by atoms with Gasteiger partial charge in [0.25, 0.3) is 5.91 Å². The van der Waals surface area contributed by atoms with Gasteiger partial charge in [-0.1, -0.05) is 11.3 Å². The summed E-state index contributed by atoms with van der Waals surface area (Å²) in [5, 5.41) is 2.99. The first kappa shape index (κ1) is 16.4. The van der Waals surface area contributed by atoms with Gasteiger partial charge >= 0.3 is 0 Å². The van der Waals surface area contributed by atoms with Gasteiger partial charge in [0.15, 0.2) is 10.1 Å². The number of rotatable bonds is 2. The van der Waals surface area contributed by atoms with E-state index in [1.54, 1.807) is 28.9 Å². The zero-order valence-corrected chi connectivity index (χ0v) is 17.1. The maximum absolute atomic E-state index is 13.0. The molecular formula is C18H14N6OS3. The van der Waals surface area contributed by atoms with Crippen LogP contribution in [0, 0.1) is 0 Å². The third kappa shape index (κ3) is 2.52. The monoisotopic (exact) mass is 426 g/mol. The van der Waals surface area contributed by atoms with Crippen molar-refractivity contribution in [3.8, 4) is 0 Å². The van der Waals surface area contributed by atoms with Crippen LogP contribution in [-0.4, -0.2) is 56.3 Å². The Labute approximate surface area is 171 Å². The SMILES string of the molecule is O=C(c1cc2c(nc3sccn32)s1)N1CCN(c2nc3cccnc3s2)CC1. The molecule has 0 aromatic carbocycles. The molecule has 1 aliphatic rings. The van der Waals surface area contributed by atoms with E-state index in [0.29, 0.717) is 13.1 Å². The summed E-state index contributed by atoms with van der Waals surface area (Å²) in [7, 11) is 0. The molecule has 140 valence electrons. The Bertz CT molecular complexity index is 1290. The number of fused-ring (bicyclic) bond motifs is 4. The molecule has 5 aromatic heterocycles. The Kier molecular flexibility index (Phi) is 3.65. The van der Waals surface area contributed by atoms with Gasteiger partial charge in [0, 0.05) is 44.0 Å². The molecule has 5 aromatic rings. The fourth-order valence-electron chi connectivity index (χ4n) is 3.50. The fourth-order valence-corrected chi connectivity index (χ4v) is 6.23. The van der Waals surface area contributed by atoms with Gasteiger partial charge in [-0.05, 0) is 18.2 Å². The minimum absolute atomic E-state index is 0.0950. The number of piperazine rings is 1. The number of anilines is 1. The van der Waals surface area contributed by atoms with Crippen molar-refractivity contribution in [1.82, 2.24) is 24.3 Å². The van der Waals surface area contributed by atoms with E-state index < -0.39 is 0 Å². The summed E-state index contributed by atoms with van der Waals surface area (Å²) in [6, 6.07) is 5.87. The lowest BCUT2D eigenvalue weighted by Crippen LogP contribution is -2.48. The molecule has 1 fully saturated rings. The number of pyridine rings is 1. The molecule has 0 spiro atoms. The van der Waals surface area contributed by atoms with Crippen LogP contribution in [0.4, 0.5) is 5.13 Å². The fraction of sp³-hybridized carbons (Fsp3) is 0.222. The summed E-state index contributed by atoms with van der Waals surface area (Å²) < 4.78 is 2.05. The molecular weight excluding hydrogens is 412 g/mol. The van der Waals surface area contributed by atoms with Gasteiger partial charge in [0.05, 0.1) is 10.4 Å². The summed E-state index contributed by atoms with van der Waals surface area (Å²) in [4.78, 5) is 34.4. The molecule has 1 saturated heterocycles. The number of aromatic nitrogens is 4. The van der Waals surface area contributed by atoms with Crippen molar-refractivity contribution < 1.29 is 4.79 Å². The van der Waals surface area contributed by atoms with Gasteiger partial charge in [-0.25, -0.2) is 15.0 Å². The standard InChI is InChI=1S/C18H14N6OS3/c25-16(13-10-12-15(27-13)21-18-24(12)8-9-26-18)22-4-6-23(7-5-22)17-20-11-2-1-3-19-14(11)28-17/h1-3,8-10H,4-7H2.